The fraction of sp³-hybridized carbons (Fsp3) is 0.875. The predicted octanol–water partition coefficient (Wildman–Crippen LogP) is -0.811. The van der Waals surface area contributed by atoms with Crippen molar-refractivity contribution in [3.05, 3.63) is 0 Å². The molecule has 19 heteroatoms. The van der Waals surface area contributed by atoms with Gasteiger partial charge in [-0.2, -0.15) is 0 Å². The SMILES string of the molecule is NCCCCCC(=O)O.O=P(O)(O)CP(=O)(O)O.O=P(O)(O)CP(=O)(O)O. The van der Waals surface area contributed by atoms with E-state index in [-0.39, 0.29) is 6.42 Å². The molecule has 0 aliphatic carbocycles. The molecule has 0 bridgehead atoms. The average Bonchev–Trinajstić information content (AvgIpc) is 2.26. The molecule has 0 saturated carbocycles. The number of unbranched alkanes of at least 4 members (excludes halogenated alkanes) is 2. The number of carbonyl (C=O) groups is 1. The van der Waals surface area contributed by atoms with E-state index in [0.717, 1.165) is 19.3 Å². The summed E-state index contributed by atoms with van der Waals surface area (Å²) in [5.74, 6) is -3.47. The van der Waals surface area contributed by atoms with Crippen LogP contribution in [0.3, 0.4) is 0 Å². The van der Waals surface area contributed by atoms with E-state index < -0.39 is 48.2 Å². The van der Waals surface area contributed by atoms with E-state index in [9.17, 15) is 23.1 Å². The van der Waals surface area contributed by atoms with Crippen molar-refractivity contribution in [1.82, 2.24) is 0 Å². The molecular formula is C8H25NO14P4. The van der Waals surface area contributed by atoms with Gasteiger partial charge < -0.3 is 50.0 Å². The Kier molecular flexibility index (Phi) is 16.5. The monoisotopic (exact) mass is 483 g/mol. The molecule has 0 aromatic carbocycles. The zero-order valence-electron chi connectivity index (χ0n) is 13.9. The van der Waals surface area contributed by atoms with Crippen LogP contribution in [0.5, 0.6) is 0 Å². The molecule has 15 nitrogen and oxygen atoms in total. The van der Waals surface area contributed by atoms with Crippen molar-refractivity contribution in [1.29, 1.82) is 0 Å². The Balaban J connectivity index is -0.000000320. The molecule has 0 aliphatic heterocycles. The molecule has 0 radical (unpaired) electrons. The third kappa shape index (κ3) is 46.2. The van der Waals surface area contributed by atoms with Gasteiger partial charge in [0.25, 0.3) is 0 Å². The lowest BCUT2D eigenvalue weighted by Crippen LogP contribution is -1.99. The lowest BCUT2D eigenvalue weighted by Gasteiger charge is -2.03. The number of carboxylic acids is 1. The van der Waals surface area contributed by atoms with Crippen LogP contribution in [0.4, 0.5) is 0 Å². The van der Waals surface area contributed by atoms with Gasteiger partial charge >= 0.3 is 36.4 Å². The summed E-state index contributed by atoms with van der Waals surface area (Å²) in [4.78, 5) is 73.7. The molecule has 0 rings (SSSR count). The number of carboxylic acid groups (broad SMARTS) is 1. The molecule has 0 aromatic rings. The first-order valence-corrected chi connectivity index (χ1v) is 14.0. The van der Waals surface area contributed by atoms with E-state index in [2.05, 4.69) is 0 Å². The Morgan fingerprint density at radius 1 is 0.630 bits per heavy atom. The zero-order valence-corrected chi connectivity index (χ0v) is 17.5. The second kappa shape index (κ2) is 14.1. The maximum atomic E-state index is 9.93. The quantitative estimate of drug-likeness (QED) is 0.142. The number of aliphatic carboxylic acids is 1. The van der Waals surface area contributed by atoms with Crippen molar-refractivity contribution >= 4 is 36.4 Å². The number of hydrogen-bond donors (Lipinski definition) is 10. The molecule has 0 saturated heterocycles. The summed E-state index contributed by atoms with van der Waals surface area (Å²) < 4.78 is 39.4. The van der Waals surface area contributed by atoms with Gasteiger partial charge in [0.05, 0.1) is 0 Å². The van der Waals surface area contributed by atoms with E-state index in [1.807, 2.05) is 0 Å². The zero-order chi connectivity index (χ0) is 22.5. The summed E-state index contributed by atoms with van der Waals surface area (Å²) in [5.41, 5.74) is 5.20. The second-order valence-corrected chi connectivity index (χ2v) is 12.5. The molecule has 0 fully saturated rings. The summed E-state index contributed by atoms with van der Waals surface area (Å²) >= 11 is 0. The van der Waals surface area contributed by atoms with Gasteiger partial charge in [-0.15, -0.1) is 0 Å². The Morgan fingerprint density at radius 2 is 0.926 bits per heavy atom. The molecular weight excluding hydrogens is 458 g/mol. The van der Waals surface area contributed by atoms with Crippen LogP contribution in [0.15, 0.2) is 0 Å². The normalized spacial score (nSPS) is 12.3. The standard InChI is InChI=1S/C6H13NO2.2CH6O6P2/c7-5-3-1-2-4-6(8)9;2*2-8(3,4)1-9(5,6)7/h1-5,7H2,(H,8,9);2*1H2,(H2,2,3,4)(H2,5,6,7). The first kappa shape index (κ1) is 31.7. The van der Waals surface area contributed by atoms with Crippen LogP contribution in [0.1, 0.15) is 25.7 Å². The molecule has 0 heterocycles. The van der Waals surface area contributed by atoms with Crippen molar-refractivity contribution in [3.8, 4) is 0 Å². The van der Waals surface area contributed by atoms with Gasteiger partial charge in [0.15, 0.2) is 11.8 Å². The molecule has 0 atom stereocenters. The fourth-order valence-corrected chi connectivity index (χ4v) is 4.92. The van der Waals surface area contributed by atoms with Crippen LogP contribution < -0.4 is 5.73 Å². The Morgan fingerprint density at radius 3 is 1.07 bits per heavy atom. The van der Waals surface area contributed by atoms with Gasteiger partial charge in [-0.3, -0.25) is 23.1 Å². The van der Waals surface area contributed by atoms with E-state index in [0.29, 0.717) is 6.54 Å². The lowest BCUT2D eigenvalue weighted by atomic mass is 10.2. The van der Waals surface area contributed by atoms with Gasteiger partial charge in [-0.25, -0.2) is 0 Å². The van der Waals surface area contributed by atoms with Gasteiger partial charge in [0.2, 0.25) is 0 Å². The Bertz CT molecular complexity index is 516. The summed E-state index contributed by atoms with van der Waals surface area (Å²) in [6, 6.07) is 0. The van der Waals surface area contributed by atoms with Gasteiger partial charge in [-0.1, -0.05) is 6.42 Å². The van der Waals surface area contributed by atoms with E-state index in [1.54, 1.807) is 0 Å². The Hall–Kier alpha value is 0.0300. The van der Waals surface area contributed by atoms with E-state index in [4.69, 9.17) is 50.0 Å². The highest BCUT2D eigenvalue weighted by molar-refractivity contribution is 7.69. The van der Waals surface area contributed by atoms with Crippen LogP contribution in [-0.4, -0.2) is 68.6 Å². The third-order valence-electron chi connectivity index (χ3n) is 1.83. The highest BCUT2D eigenvalue weighted by Gasteiger charge is 2.27. The van der Waals surface area contributed by atoms with Crippen molar-refractivity contribution < 1.29 is 67.3 Å². The van der Waals surface area contributed by atoms with E-state index in [1.165, 1.54) is 0 Å². The minimum absolute atomic E-state index is 0.278. The first-order valence-electron chi connectivity index (χ1n) is 6.78. The average molecular weight is 483 g/mol. The number of hydrogen-bond acceptors (Lipinski definition) is 6. The number of rotatable bonds is 9. The summed E-state index contributed by atoms with van der Waals surface area (Å²) in [6.45, 7) is 0.666. The smallest absolute Gasteiger partial charge is 0.337 e. The summed E-state index contributed by atoms with van der Waals surface area (Å²) in [5, 5.41) is 8.18. The maximum absolute atomic E-state index is 9.93. The third-order valence-corrected chi connectivity index (χ3v) is 7.73. The molecule has 0 unspecified atom stereocenters. The van der Waals surface area contributed by atoms with Crippen molar-refractivity contribution in [2.45, 2.75) is 25.7 Å². The minimum Gasteiger partial charge on any atom is -0.481 e. The molecule has 27 heavy (non-hydrogen) atoms. The van der Waals surface area contributed by atoms with Crippen LogP contribution in [0.25, 0.3) is 0 Å². The molecule has 0 amide bonds. The minimum atomic E-state index is -4.55. The van der Waals surface area contributed by atoms with Gasteiger partial charge in [0.1, 0.15) is 0 Å². The second-order valence-electron chi connectivity index (χ2n) is 4.93. The largest absolute Gasteiger partial charge is 0.481 e. The summed E-state index contributed by atoms with van der Waals surface area (Å²) in [7, 11) is -18.2. The van der Waals surface area contributed by atoms with E-state index >= 15 is 0 Å². The van der Waals surface area contributed by atoms with Gasteiger partial charge in [0, 0.05) is 6.42 Å². The topological polar surface area (TPSA) is 293 Å². The predicted molar refractivity (Wildman–Crippen MR) is 93.1 cm³/mol. The highest BCUT2D eigenvalue weighted by atomic mass is 31.2. The van der Waals surface area contributed by atoms with Crippen molar-refractivity contribution in [2.24, 2.45) is 5.73 Å². The maximum Gasteiger partial charge on any atom is 0.337 e. The van der Waals surface area contributed by atoms with Crippen LogP contribution >= 0.6 is 30.4 Å². The van der Waals surface area contributed by atoms with Crippen LogP contribution in [0, 0.1) is 0 Å². The first-order chi connectivity index (χ1) is 11.7. The molecule has 0 aliphatic rings. The molecule has 166 valence electrons. The Labute approximate surface area is 154 Å². The number of nitrogens with two attached hydrogens (primary N) is 1. The molecule has 11 N–H and O–H groups in total. The molecule has 0 spiro atoms. The van der Waals surface area contributed by atoms with Crippen LogP contribution in [-0.2, 0) is 23.1 Å². The highest BCUT2D eigenvalue weighted by Crippen LogP contribution is 2.52. The fourth-order valence-electron chi connectivity index (χ4n) is 1.08. The molecule has 0 aromatic heterocycles. The van der Waals surface area contributed by atoms with Crippen molar-refractivity contribution in [2.75, 3.05) is 18.4 Å². The lowest BCUT2D eigenvalue weighted by molar-refractivity contribution is -0.137. The van der Waals surface area contributed by atoms with Gasteiger partial charge in [-0.05, 0) is 19.4 Å². The summed E-state index contributed by atoms with van der Waals surface area (Å²) in [6.07, 6.45) is 2.91. The van der Waals surface area contributed by atoms with Crippen LogP contribution in [0.2, 0.25) is 0 Å². The van der Waals surface area contributed by atoms with Crippen molar-refractivity contribution in [3.63, 3.8) is 0 Å².